The summed E-state index contributed by atoms with van der Waals surface area (Å²) in [6.07, 6.45) is 3.54. The van der Waals surface area contributed by atoms with Crippen LogP contribution >= 0.6 is 0 Å². The normalized spacial score (nSPS) is 13.5. The molecule has 1 aromatic rings. The van der Waals surface area contributed by atoms with Gasteiger partial charge in [0.05, 0.1) is 11.4 Å². The number of hydrogen-bond donors (Lipinski definition) is 1. The molecule has 1 heterocycles. The monoisotopic (exact) mass is 256 g/mol. The molecule has 0 saturated carbocycles. The Bertz CT molecular complexity index is 558. The first-order valence-electron chi connectivity index (χ1n) is 6.06. The van der Waals surface area contributed by atoms with E-state index >= 15 is 0 Å². The highest BCUT2D eigenvalue weighted by atomic mass is 19.1. The Morgan fingerprint density at radius 3 is 2.58 bits per heavy atom. The molecule has 1 aliphatic rings. The predicted molar refractivity (Wildman–Crippen MR) is 70.8 cm³/mol. The minimum absolute atomic E-state index is 0.0448. The van der Waals surface area contributed by atoms with E-state index in [4.69, 9.17) is 10.5 Å². The smallest absolute Gasteiger partial charge is 0.145 e. The molecular formula is C14H13FN4. The summed E-state index contributed by atoms with van der Waals surface area (Å²) in [4.78, 5) is 2.16. The zero-order valence-corrected chi connectivity index (χ0v) is 10.4. The van der Waals surface area contributed by atoms with Crippen LogP contribution in [0.25, 0.3) is 0 Å². The maximum atomic E-state index is 13.3. The topological polar surface area (TPSA) is 62.9 Å². The molecule has 0 amide bonds. The van der Waals surface area contributed by atoms with Crippen LogP contribution < -0.4 is 10.2 Å². The van der Waals surface area contributed by atoms with Gasteiger partial charge in [0.15, 0.2) is 0 Å². The predicted octanol–water partition coefficient (Wildman–Crippen LogP) is 2.77. The summed E-state index contributed by atoms with van der Waals surface area (Å²) in [5.41, 5.74) is 1.42. The maximum absolute atomic E-state index is 13.3. The van der Waals surface area contributed by atoms with Crippen molar-refractivity contribution in [2.45, 2.75) is 12.8 Å². The molecule has 0 bridgehead atoms. The van der Waals surface area contributed by atoms with Gasteiger partial charge in [-0.2, -0.15) is 10.5 Å². The minimum Gasteiger partial charge on any atom is -0.370 e. The van der Waals surface area contributed by atoms with Gasteiger partial charge in [-0.25, -0.2) is 4.39 Å². The van der Waals surface area contributed by atoms with Gasteiger partial charge in [-0.3, -0.25) is 0 Å². The lowest BCUT2D eigenvalue weighted by Gasteiger charge is -2.21. The number of allylic oxidation sites excluding steroid dienone is 1. The molecule has 4 nitrogen and oxygen atoms in total. The number of nitriles is 2. The lowest BCUT2D eigenvalue weighted by molar-refractivity contribution is 0.628. The van der Waals surface area contributed by atoms with Gasteiger partial charge in [-0.1, -0.05) is 0 Å². The third kappa shape index (κ3) is 3.02. The highest BCUT2D eigenvalue weighted by Crippen LogP contribution is 2.29. The van der Waals surface area contributed by atoms with Crippen molar-refractivity contribution >= 4 is 11.4 Å². The molecule has 0 unspecified atom stereocenters. The third-order valence-corrected chi connectivity index (χ3v) is 3.02. The van der Waals surface area contributed by atoms with Gasteiger partial charge in [0.1, 0.15) is 23.5 Å². The second-order valence-electron chi connectivity index (χ2n) is 4.28. The number of nitrogens with one attached hydrogen (secondary N) is 1. The molecule has 0 radical (unpaired) electrons. The molecule has 0 aliphatic carbocycles. The largest absolute Gasteiger partial charge is 0.370 e. The van der Waals surface area contributed by atoms with Crippen molar-refractivity contribution in [3.05, 3.63) is 35.8 Å². The molecule has 5 heteroatoms. The maximum Gasteiger partial charge on any atom is 0.145 e. The summed E-state index contributed by atoms with van der Waals surface area (Å²) in [7, 11) is 0. The zero-order valence-electron chi connectivity index (χ0n) is 10.4. The summed E-state index contributed by atoms with van der Waals surface area (Å²) >= 11 is 0. The molecule has 1 aliphatic heterocycles. The van der Waals surface area contributed by atoms with Gasteiger partial charge < -0.3 is 10.2 Å². The number of nitrogens with zero attached hydrogens (tertiary/aromatic N) is 3. The Morgan fingerprint density at radius 1 is 1.26 bits per heavy atom. The van der Waals surface area contributed by atoms with Gasteiger partial charge in [0.25, 0.3) is 0 Å². The van der Waals surface area contributed by atoms with E-state index in [-0.39, 0.29) is 11.4 Å². The molecule has 1 saturated heterocycles. The van der Waals surface area contributed by atoms with Gasteiger partial charge in [0, 0.05) is 19.3 Å². The molecule has 0 spiro atoms. The van der Waals surface area contributed by atoms with Gasteiger partial charge in [-0.05, 0) is 31.0 Å². The second kappa shape index (κ2) is 5.88. The SMILES string of the molecule is N#CC(C#N)=CNc1cc(F)ccc1N1CCCC1. The van der Waals surface area contributed by atoms with Gasteiger partial charge in [-0.15, -0.1) is 0 Å². The van der Waals surface area contributed by atoms with Gasteiger partial charge >= 0.3 is 0 Å². The lowest BCUT2D eigenvalue weighted by atomic mass is 10.2. The molecule has 19 heavy (non-hydrogen) atoms. The molecule has 96 valence electrons. The standard InChI is InChI=1S/C14H13FN4/c15-12-3-4-14(19-5-1-2-6-19)13(7-12)18-10-11(8-16)9-17/h3-4,7,10,18H,1-2,5-6H2. The van der Waals surface area contributed by atoms with Crippen LogP contribution in [0.3, 0.4) is 0 Å². The summed E-state index contributed by atoms with van der Waals surface area (Å²) in [5.74, 6) is -0.352. The van der Waals surface area contributed by atoms with Crippen LogP contribution in [0.5, 0.6) is 0 Å². The van der Waals surface area contributed by atoms with Crippen molar-refractivity contribution < 1.29 is 4.39 Å². The van der Waals surface area contributed by atoms with Crippen molar-refractivity contribution in [1.29, 1.82) is 10.5 Å². The molecule has 1 N–H and O–H groups in total. The fraction of sp³-hybridized carbons (Fsp3) is 0.286. The van der Waals surface area contributed by atoms with E-state index in [0.29, 0.717) is 5.69 Å². The Kier molecular flexibility index (Phi) is 4.00. The average Bonchev–Trinajstić information content (AvgIpc) is 2.94. The van der Waals surface area contributed by atoms with E-state index in [1.807, 2.05) is 0 Å². The molecule has 1 fully saturated rings. The van der Waals surface area contributed by atoms with E-state index in [2.05, 4.69) is 10.2 Å². The van der Waals surface area contributed by atoms with Crippen LogP contribution in [-0.4, -0.2) is 13.1 Å². The fourth-order valence-corrected chi connectivity index (χ4v) is 2.10. The summed E-state index contributed by atoms with van der Waals surface area (Å²) in [6, 6.07) is 8.02. The van der Waals surface area contributed by atoms with Crippen LogP contribution in [0.2, 0.25) is 0 Å². The number of hydrogen-bond acceptors (Lipinski definition) is 4. The van der Waals surface area contributed by atoms with E-state index in [9.17, 15) is 4.39 Å². The summed E-state index contributed by atoms with van der Waals surface area (Å²) in [5, 5.41) is 20.2. The van der Waals surface area contributed by atoms with Crippen molar-refractivity contribution in [1.82, 2.24) is 0 Å². The number of rotatable bonds is 3. The fourth-order valence-electron chi connectivity index (χ4n) is 2.10. The van der Waals surface area contributed by atoms with Crippen molar-refractivity contribution in [2.24, 2.45) is 0 Å². The van der Waals surface area contributed by atoms with Crippen molar-refractivity contribution in [3.8, 4) is 12.1 Å². The van der Waals surface area contributed by atoms with E-state index in [0.717, 1.165) is 31.6 Å². The average molecular weight is 256 g/mol. The Balaban J connectivity index is 2.28. The van der Waals surface area contributed by atoms with Crippen LogP contribution in [0.1, 0.15) is 12.8 Å². The third-order valence-electron chi connectivity index (χ3n) is 3.02. The molecule has 0 aromatic heterocycles. The first-order chi connectivity index (χ1) is 9.24. The Morgan fingerprint density at radius 2 is 1.95 bits per heavy atom. The lowest BCUT2D eigenvalue weighted by Crippen LogP contribution is -2.18. The zero-order chi connectivity index (χ0) is 13.7. The number of anilines is 2. The Labute approximate surface area is 111 Å². The van der Waals surface area contributed by atoms with E-state index in [1.165, 1.54) is 18.3 Å². The van der Waals surface area contributed by atoms with Crippen LogP contribution in [0, 0.1) is 28.5 Å². The Hall–Kier alpha value is -2.53. The van der Waals surface area contributed by atoms with Crippen molar-refractivity contribution in [2.75, 3.05) is 23.3 Å². The summed E-state index contributed by atoms with van der Waals surface area (Å²) < 4.78 is 13.3. The number of benzene rings is 1. The van der Waals surface area contributed by atoms with Crippen LogP contribution in [0.15, 0.2) is 30.0 Å². The highest BCUT2D eigenvalue weighted by Gasteiger charge is 2.15. The quantitative estimate of drug-likeness (QED) is 0.845. The van der Waals surface area contributed by atoms with Crippen LogP contribution in [0.4, 0.5) is 15.8 Å². The highest BCUT2D eigenvalue weighted by molar-refractivity contribution is 5.71. The summed E-state index contributed by atoms with van der Waals surface area (Å²) in [6.45, 7) is 1.88. The van der Waals surface area contributed by atoms with E-state index < -0.39 is 0 Å². The second-order valence-corrected chi connectivity index (χ2v) is 4.28. The molecule has 0 atom stereocenters. The minimum atomic E-state index is -0.352. The molecular weight excluding hydrogens is 243 g/mol. The first kappa shape index (κ1) is 12.9. The van der Waals surface area contributed by atoms with Gasteiger partial charge in [0.2, 0.25) is 0 Å². The van der Waals surface area contributed by atoms with E-state index in [1.54, 1.807) is 18.2 Å². The van der Waals surface area contributed by atoms with Crippen molar-refractivity contribution in [3.63, 3.8) is 0 Å². The molecule has 2 rings (SSSR count). The number of halogens is 1. The van der Waals surface area contributed by atoms with Crippen LogP contribution in [-0.2, 0) is 0 Å². The first-order valence-corrected chi connectivity index (χ1v) is 6.06. The molecule has 1 aromatic carbocycles.